The topological polar surface area (TPSA) is 0 Å². The van der Waals surface area contributed by atoms with E-state index < -0.39 is 7.25 Å². The van der Waals surface area contributed by atoms with Crippen molar-refractivity contribution in [1.82, 2.24) is 0 Å². The third-order valence-corrected chi connectivity index (χ3v) is 3.49. The molecule has 18 heavy (non-hydrogen) atoms. The zero-order valence-corrected chi connectivity index (χ0v) is 11.6. The third kappa shape index (κ3) is 9.74. The van der Waals surface area contributed by atoms with E-state index in [-0.39, 0.29) is 0 Å². The smallest absolute Gasteiger partial charge is 0.418 e. The first-order valence-electron chi connectivity index (χ1n) is 7.05. The number of rotatable bonds is 6. The summed E-state index contributed by atoms with van der Waals surface area (Å²) in [5, 5.41) is 0. The molecule has 1 rings (SSSR count). The molecule has 0 bridgehead atoms. The fourth-order valence-electron chi connectivity index (χ4n) is 2.55. The molecule has 6 heteroatoms. The Bertz CT molecular complexity index is 187. The highest BCUT2D eigenvalue weighted by atomic mass is 19.5. The van der Waals surface area contributed by atoms with Crippen molar-refractivity contribution in [2.75, 3.05) is 26.2 Å². The third-order valence-electron chi connectivity index (χ3n) is 3.49. The van der Waals surface area contributed by atoms with Crippen molar-refractivity contribution in [3.63, 3.8) is 0 Å². The molecule has 0 radical (unpaired) electrons. The first-order valence-corrected chi connectivity index (χ1v) is 7.05. The van der Waals surface area contributed by atoms with Gasteiger partial charge in [-0.15, -0.1) is 0 Å². The van der Waals surface area contributed by atoms with Gasteiger partial charge in [0.05, 0.1) is 26.2 Å². The van der Waals surface area contributed by atoms with Crippen molar-refractivity contribution in [3.8, 4) is 0 Å². The molecule has 0 N–H and O–H groups in total. The first kappa shape index (κ1) is 17.7. The molecule has 0 aromatic rings. The number of hydrogen-bond acceptors (Lipinski definition) is 0. The van der Waals surface area contributed by atoms with Gasteiger partial charge in [-0.1, -0.05) is 26.7 Å². The second-order valence-corrected chi connectivity index (χ2v) is 5.15. The number of nitrogens with zero attached hydrogens (tertiary/aromatic N) is 1. The fourth-order valence-corrected chi connectivity index (χ4v) is 2.55. The van der Waals surface area contributed by atoms with Gasteiger partial charge in [0.25, 0.3) is 0 Å². The van der Waals surface area contributed by atoms with Gasteiger partial charge in [0.2, 0.25) is 0 Å². The molecule has 1 heterocycles. The average Bonchev–Trinajstić information content (AvgIpc) is 2.71. The van der Waals surface area contributed by atoms with E-state index in [4.69, 9.17) is 0 Å². The van der Waals surface area contributed by atoms with Gasteiger partial charge in [0.1, 0.15) is 0 Å². The van der Waals surface area contributed by atoms with Crippen LogP contribution in [0.5, 0.6) is 0 Å². The van der Waals surface area contributed by atoms with Crippen molar-refractivity contribution in [3.05, 3.63) is 0 Å². The summed E-state index contributed by atoms with van der Waals surface area (Å²) in [5.74, 6) is 0. The molecule has 1 nitrogen and oxygen atoms in total. The van der Waals surface area contributed by atoms with E-state index in [1.807, 2.05) is 0 Å². The van der Waals surface area contributed by atoms with Crippen LogP contribution in [0.15, 0.2) is 0 Å². The van der Waals surface area contributed by atoms with E-state index in [1.54, 1.807) is 0 Å². The quantitative estimate of drug-likeness (QED) is 0.379. The van der Waals surface area contributed by atoms with Crippen LogP contribution < -0.4 is 0 Å². The van der Waals surface area contributed by atoms with E-state index in [0.717, 1.165) is 0 Å². The van der Waals surface area contributed by atoms with Crippen LogP contribution in [0.4, 0.5) is 17.3 Å². The number of halogens is 4. The first-order chi connectivity index (χ1) is 8.33. The molecular weight excluding hydrogens is 245 g/mol. The summed E-state index contributed by atoms with van der Waals surface area (Å²) in [7, 11) is -6.00. The predicted molar refractivity (Wildman–Crippen MR) is 69.0 cm³/mol. The van der Waals surface area contributed by atoms with Crippen LogP contribution in [0.3, 0.4) is 0 Å². The van der Waals surface area contributed by atoms with Crippen molar-refractivity contribution >= 4 is 7.25 Å². The summed E-state index contributed by atoms with van der Waals surface area (Å²) in [6, 6.07) is 0. The molecule has 0 saturated carbocycles. The Hall–Kier alpha value is -0.255. The lowest BCUT2D eigenvalue weighted by atomic mass is 10.2. The van der Waals surface area contributed by atoms with E-state index in [2.05, 4.69) is 13.8 Å². The second-order valence-electron chi connectivity index (χ2n) is 5.15. The Balaban J connectivity index is 0.000000494. The Morgan fingerprint density at radius 1 is 0.833 bits per heavy atom. The Morgan fingerprint density at radius 2 is 1.17 bits per heavy atom. The fraction of sp³-hybridized carbons (Fsp3) is 1.00. The van der Waals surface area contributed by atoms with Crippen LogP contribution >= 0.6 is 0 Å². The van der Waals surface area contributed by atoms with Gasteiger partial charge in [-0.2, -0.15) is 0 Å². The summed E-state index contributed by atoms with van der Waals surface area (Å²) < 4.78 is 40.5. The second kappa shape index (κ2) is 8.78. The van der Waals surface area contributed by atoms with Crippen LogP contribution in [-0.2, 0) is 0 Å². The molecule has 0 aromatic carbocycles. The minimum atomic E-state index is -6.00. The molecule has 0 spiro atoms. The van der Waals surface area contributed by atoms with Gasteiger partial charge in [0, 0.05) is 12.8 Å². The van der Waals surface area contributed by atoms with Crippen LogP contribution in [0.1, 0.15) is 52.4 Å². The molecule has 0 aliphatic carbocycles. The molecule has 0 amide bonds. The highest BCUT2D eigenvalue weighted by molar-refractivity contribution is 6.50. The van der Waals surface area contributed by atoms with Gasteiger partial charge in [-0.3, -0.25) is 0 Å². The van der Waals surface area contributed by atoms with Gasteiger partial charge >= 0.3 is 7.25 Å². The molecular formula is C12H26BF4N. The standard InChI is InChI=1S/C12H26N.BF4/c1-3-5-9-13(10-6-4-2)11-7-8-12-13;2-1(3,4)5/h3-12H2,1-2H3;/q+1;-1. The van der Waals surface area contributed by atoms with E-state index in [0.29, 0.717) is 0 Å². The highest BCUT2D eigenvalue weighted by Crippen LogP contribution is 2.21. The van der Waals surface area contributed by atoms with Gasteiger partial charge in [-0.05, 0) is 12.8 Å². The summed E-state index contributed by atoms with van der Waals surface area (Å²) in [5.41, 5.74) is 0. The molecule has 1 aliphatic rings. The summed E-state index contributed by atoms with van der Waals surface area (Å²) in [6.45, 7) is 10.5. The van der Waals surface area contributed by atoms with Gasteiger partial charge < -0.3 is 21.7 Å². The molecule has 1 saturated heterocycles. The Morgan fingerprint density at radius 3 is 1.44 bits per heavy atom. The zero-order chi connectivity index (χ0) is 14.1. The number of quaternary nitrogens is 1. The summed E-state index contributed by atoms with van der Waals surface area (Å²) in [6.07, 6.45) is 8.56. The van der Waals surface area contributed by atoms with Crippen LogP contribution in [-0.4, -0.2) is 37.9 Å². The van der Waals surface area contributed by atoms with E-state index in [9.17, 15) is 17.3 Å². The maximum atomic E-state index is 9.75. The van der Waals surface area contributed by atoms with Gasteiger partial charge in [0.15, 0.2) is 0 Å². The van der Waals surface area contributed by atoms with Gasteiger partial charge in [-0.25, -0.2) is 0 Å². The highest BCUT2D eigenvalue weighted by Gasteiger charge is 2.30. The van der Waals surface area contributed by atoms with Crippen LogP contribution in [0, 0.1) is 0 Å². The average molecular weight is 271 g/mol. The summed E-state index contributed by atoms with van der Waals surface area (Å²) in [4.78, 5) is 0. The lowest BCUT2D eigenvalue weighted by Gasteiger charge is -2.34. The number of hydrogen-bond donors (Lipinski definition) is 0. The van der Waals surface area contributed by atoms with Crippen molar-refractivity contribution in [1.29, 1.82) is 0 Å². The van der Waals surface area contributed by atoms with Crippen molar-refractivity contribution in [2.24, 2.45) is 0 Å². The minimum absolute atomic E-state index is 1.37. The maximum absolute atomic E-state index is 9.75. The number of likely N-dealkylation sites (tertiary alicyclic amines) is 1. The molecule has 1 fully saturated rings. The zero-order valence-electron chi connectivity index (χ0n) is 11.6. The van der Waals surface area contributed by atoms with Crippen LogP contribution in [0.2, 0.25) is 0 Å². The molecule has 1 aliphatic heterocycles. The number of unbranched alkanes of at least 4 members (excludes halogenated alkanes) is 2. The monoisotopic (exact) mass is 271 g/mol. The van der Waals surface area contributed by atoms with Crippen molar-refractivity contribution < 1.29 is 21.7 Å². The predicted octanol–water partition coefficient (Wildman–Crippen LogP) is 4.50. The normalized spacial score (nSPS) is 18.3. The SMILES string of the molecule is CCCC[N+]1(CCCC)CCCC1.F[B-](F)(F)F. The Kier molecular flexibility index (Phi) is 8.65. The molecule has 110 valence electrons. The minimum Gasteiger partial charge on any atom is -0.418 e. The molecule has 0 aromatic heterocycles. The largest absolute Gasteiger partial charge is 0.673 e. The molecule has 0 unspecified atom stereocenters. The van der Waals surface area contributed by atoms with Crippen LogP contribution in [0.25, 0.3) is 0 Å². The maximum Gasteiger partial charge on any atom is 0.673 e. The van der Waals surface area contributed by atoms with E-state index >= 15 is 0 Å². The lowest BCUT2D eigenvalue weighted by molar-refractivity contribution is -0.917. The Labute approximate surface area is 108 Å². The lowest BCUT2D eigenvalue weighted by Crippen LogP contribution is -2.46. The van der Waals surface area contributed by atoms with E-state index in [1.165, 1.54) is 69.2 Å². The summed E-state index contributed by atoms with van der Waals surface area (Å²) >= 11 is 0. The molecule has 0 atom stereocenters. The van der Waals surface area contributed by atoms with Crippen molar-refractivity contribution in [2.45, 2.75) is 52.4 Å².